The highest BCUT2D eigenvalue weighted by atomic mass is 16.1. The lowest BCUT2D eigenvalue weighted by Crippen LogP contribution is -2.40. The van der Waals surface area contributed by atoms with Gasteiger partial charge in [-0.3, -0.25) is 9.69 Å². The number of carbonyl (C=O) groups excluding carboxylic acids is 1. The zero-order chi connectivity index (χ0) is 16.3. The Morgan fingerprint density at radius 2 is 1.70 bits per heavy atom. The Morgan fingerprint density at radius 1 is 1.00 bits per heavy atom. The highest BCUT2D eigenvalue weighted by molar-refractivity contribution is 5.82. The first-order valence-electron chi connectivity index (χ1n) is 9.58. The second-order valence-electron chi connectivity index (χ2n) is 7.04. The Kier molecular flexibility index (Phi) is 8.38. The highest BCUT2D eigenvalue weighted by Crippen LogP contribution is 2.21. The van der Waals surface area contributed by atoms with Gasteiger partial charge >= 0.3 is 0 Å². The minimum Gasteiger partial charge on any atom is -0.299 e. The molecule has 1 aromatic rings. The summed E-state index contributed by atoms with van der Waals surface area (Å²) in [6.45, 7) is 5.14. The van der Waals surface area contributed by atoms with Gasteiger partial charge in [0.1, 0.15) is 5.78 Å². The van der Waals surface area contributed by atoms with E-state index in [2.05, 4.69) is 42.2 Å². The Labute approximate surface area is 142 Å². The van der Waals surface area contributed by atoms with Gasteiger partial charge in [-0.1, -0.05) is 82.2 Å². The molecule has 1 fully saturated rings. The van der Waals surface area contributed by atoms with Gasteiger partial charge in [0, 0.05) is 32.0 Å². The molecule has 1 aliphatic rings. The topological polar surface area (TPSA) is 20.3 Å². The fourth-order valence-electron chi connectivity index (χ4n) is 3.56. The third kappa shape index (κ3) is 6.87. The fourth-order valence-corrected chi connectivity index (χ4v) is 3.56. The van der Waals surface area contributed by atoms with Gasteiger partial charge in [0.25, 0.3) is 0 Å². The number of hydrogen-bond acceptors (Lipinski definition) is 2. The van der Waals surface area contributed by atoms with Crippen LogP contribution >= 0.6 is 0 Å². The molecule has 1 unspecified atom stereocenters. The van der Waals surface area contributed by atoms with Crippen LogP contribution in [0.25, 0.3) is 0 Å². The molecule has 0 spiro atoms. The molecule has 1 aromatic carbocycles. The van der Waals surface area contributed by atoms with Crippen LogP contribution in [0.5, 0.6) is 0 Å². The Bertz CT molecular complexity index is 442. The zero-order valence-corrected chi connectivity index (χ0v) is 14.8. The van der Waals surface area contributed by atoms with Crippen molar-refractivity contribution in [1.82, 2.24) is 4.90 Å². The molecule has 1 aliphatic heterocycles. The summed E-state index contributed by atoms with van der Waals surface area (Å²) in [5.74, 6) is 0.781. The van der Waals surface area contributed by atoms with E-state index in [-0.39, 0.29) is 5.92 Å². The van der Waals surface area contributed by atoms with Gasteiger partial charge in [0.15, 0.2) is 0 Å². The van der Waals surface area contributed by atoms with Crippen molar-refractivity contribution in [2.45, 2.75) is 71.3 Å². The Hall–Kier alpha value is -1.15. The molecule has 0 N–H and O–H groups in total. The van der Waals surface area contributed by atoms with Gasteiger partial charge in [-0.15, -0.1) is 0 Å². The van der Waals surface area contributed by atoms with Crippen molar-refractivity contribution in [2.75, 3.05) is 13.1 Å². The molecule has 0 amide bonds. The molecule has 2 heteroatoms. The molecule has 128 valence electrons. The van der Waals surface area contributed by atoms with Crippen molar-refractivity contribution in [1.29, 1.82) is 0 Å². The van der Waals surface area contributed by atoms with Crippen LogP contribution in [0.4, 0.5) is 0 Å². The van der Waals surface area contributed by atoms with Crippen LogP contribution < -0.4 is 0 Å². The van der Waals surface area contributed by atoms with Crippen LogP contribution in [0.3, 0.4) is 0 Å². The number of hydrogen-bond donors (Lipinski definition) is 0. The van der Waals surface area contributed by atoms with Gasteiger partial charge in [-0.2, -0.15) is 0 Å². The van der Waals surface area contributed by atoms with E-state index in [1.165, 1.54) is 50.5 Å². The van der Waals surface area contributed by atoms with Crippen molar-refractivity contribution < 1.29 is 4.79 Å². The highest BCUT2D eigenvalue weighted by Gasteiger charge is 2.26. The number of rotatable bonds is 10. The maximum absolute atomic E-state index is 12.2. The van der Waals surface area contributed by atoms with Crippen molar-refractivity contribution in [3.8, 4) is 0 Å². The maximum Gasteiger partial charge on any atom is 0.138 e. The standard InChI is InChI=1S/C21H33NO/c1-2-3-4-5-6-7-11-14-20-18-22(16-15-21(20)23)17-19-12-9-8-10-13-19/h8-10,12-13,20H,2-7,11,14-18H2,1H3. The first-order chi connectivity index (χ1) is 11.3. The fraction of sp³-hybridized carbons (Fsp3) is 0.667. The van der Waals surface area contributed by atoms with Gasteiger partial charge in [0.2, 0.25) is 0 Å². The number of benzene rings is 1. The Morgan fingerprint density at radius 3 is 2.43 bits per heavy atom. The molecule has 0 bridgehead atoms. The number of nitrogens with zero attached hydrogens (tertiary/aromatic N) is 1. The summed E-state index contributed by atoms with van der Waals surface area (Å²) < 4.78 is 0. The van der Waals surface area contributed by atoms with Gasteiger partial charge in [-0.05, 0) is 12.0 Å². The van der Waals surface area contributed by atoms with Crippen molar-refractivity contribution in [3.63, 3.8) is 0 Å². The number of likely N-dealkylation sites (tertiary alicyclic amines) is 1. The second-order valence-corrected chi connectivity index (χ2v) is 7.04. The monoisotopic (exact) mass is 315 g/mol. The third-order valence-corrected chi connectivity index (χ3v) is 5.01. The molecular formula is C21H33NO. The van der Waals surface area contributed by atoms with E-state index < -0.39 is 0 Å². The molecule has 0 saturated carbocycles. The van der Waals surface area contributed by atoms with Gasteiger partial charge in [-0.25, -0.2) is 0 Å². The molecule has 2 nitrogen and oxygen atoms in total. The van der Waals surface area contributed by atoms with Crippen molar-refractivity contribution in [2.24, 2.45) is 5.92 Å². The molecule has 0 aromatic heterocycles. The molecule has 0 radical (unpaired) electrons. The summed E-state index contributed by atoms with van der Waals surface area (Å²) in [6.07, 6.45) is 11.1. The predicted molar refractivity (Wildman–Crippen MR) is 97.4 cm³/mol. The first-order valence-corrected chi connectivity index (χ1v) is 9.58. The summed E-state index contributed by atoms with van der Waals surface area (Å²) in [7, 11) is 0. The smallest absolute Gasteiger partial charge is 0.138 e. The summed E-state index contributed by atoms with van der Waals surface area (Å²) >= 11 is 0. The summed E-state index contributed by atoms with van der Waals surface area (Å²) in [6, 6.07) is 10.6. The largest absolute Gasteiger partial charge is 0.299 e. The lowest BCUT2D eigenvalue weighted by Gasteiger charge is -2.31. The van der Waals surface area contributed by atoms with E-state index in [1.54, 1.807) is 0 Å². The number of carbonyl (C=O) groups is 1. The van der Waals surface area contributed by atoms with Gasteiger partial charge < -0.3 is 0 Å². The molecule has 2 rings (SSSR count). The van der Waals surface area contributed by atoms with E-state index >= 15 is 0 Å². The number of Topliss-reactive ketones (excluding diaryl/α,β-unsaturated/α-hetero) is 1. The van der Waals surface area contributed by atoms with E-state index in [1.807, 2.05) is 0 Å². The number of unbranched alkanes of at least 4 members (excludes halogenated alkanes) is 6. The van der Waals surface area contributed by atoms with E-state index in [0.29, 0.717) is 5.78 Å². The van der Waals surface area contributed by atoms with Crippen LogP contribution in [-0.4, -0.2) is 23.8 Å². The minimum absolute atomic E-state index is 0.281. The minimum atomic E-state index is 0.281. The third-order valence-electron chi connectivity index (χ3n) is 5.01. The molecule has 1 heterocycles. The molecule has 1 atom stereocenters. The lowest BCUT2D eigenvalue weighted by atomic mass is 9.90. The number of piperidine rings is 1. The SMILES string of the molecule is CCCCCCCCCC1CN(Cc2ccccc2)CCC1=O. The first kappa shape index (κ1) is 18.2. The molecular weight excluding hydrogens is 282 g/mol. The average Bonchev–Trinajstić information content (AvgIpc) is 2.57. The normalized spacial score (nSPS) is 19.2. The second kappa shape index (κ2) is 10.6. The van der Waals surface area contributed by atoms with Crippen molar-refractivity contribution in [3.05, 3.63) is 35.9 Å². The van der Waals surface area contributed by atoms with Crippen LogP contribution in [0, 0.1) is 5.92 Å². The quantitative estimate of drug-likeness (QED) is 0.552. The van der Waals surface area contributed by atoms with Crippen LogP contribution in [0.15, 0.2) is 30.3 Å². The molecule has 23 heavy (non-hydrogen) atoms. The van der Waals surface area contributed by atoms with E-state index in [0.717, 1.165) is 32.5 Å². The molecule has 1 saturated heterocycles. The zero-order valence-electron chi connectivity index (χ0n) is 14.8. The van der Waals surface area contributed by atoms with E-state index in [9.17, 15) is 4.79 Å². The lowest BCUT2D eigenvalue weighted by molar-refractivity contribution is -0.126. The van der Waals surface area contributed by atoms with Crippen LogP contribution in [-0.2, 0) is 11.3 Å². The number of ketones is 1. The van der Waals surface area contributed by atoms with Crippen LogP contribution in [0.1, 0.15) is 70.3 Å². The van der Waals surface area contributed by atoms with Gasteiger partial charge in [0.05, 0.1) is 0 Å². The van der Waals surface area contributed by atoms with Crippen LogP contribution in [0.2, 0.25) is 0 Å². The summed E-state index contributed by atoms with van der Waals surface area (Å²) in [5, 5.41) is 0. The molecule has 0 aliphatic carbocycles. The van der Waals surface area contributed by atoms with Crippen molar-refractivity contribution >= 4 is 5.78 Å². The van der Waals surface area contributed by atoms with E-state index in [4.69, 9.17) is 0 Å². The summed E-state index contributed by atoms with van der Waals surface area (Å²) in [5.41, 5.74) is 1.36. The Balaban J connectivity index is 1.66. The summed E-state index contributed by atoms with van der Waals surface area (Å²) in [4.78, 5) is 14.6. The maximum atomic E-state index is 12.2. The average molecular weight is 316 g/mol. The predicted octanol–water partition coefficient (Wildman–Crippen LogP) is 5.22.